The van der Waals surface area contributed by atoms with Crippen LogP contribution in [0.3, 0.4) is 0 Å². The number of hydrogen-bond acceptors (Lipinski definition) is 7. The molecule has 7 nitrogen and oxygen atoms in total. The SMILES string of the molecule is CCCCNc1ncc(-c2ccc(CC(=O)C3CCC3)cn2)c(NC2CCC(O)CC2)n1. The van der Waals surface area contributed by atoms with E-state index >= 15 is 0 Å². The van der Waals surface area contributed by atoms with Gasteiger partial charge in [-0.25, -0.2) is 4.98 Å². The van der Waals surface area contributed by atoms with Crippen molar-refractivity contribution in [1.29, 1.82) is 0 Å². The third-order valence-corrected chi connectivity index (χ3v) is 6.68. The van der Waals surface area contributed by atoms with Crippen molar-refractivity contribution in [3.8, 4) is 11.3 Å². The number of ketones is 1. The molecular formula is C25H35N5O2. The van der Waals surface area contributed by atoms with Crippen molar-refractivity contribution in [1.82, 2.24) is 15.0 Å². The van der Waals surface area contributed by atoms with Gasteiger partial charge in [0.05, 0.1) is 17.4 Å². The molecule has 0 radical (unpaired) electrons. The Kier molecular flexibility index (Phi) is 7.68. The van der Waals surface area contributed by atoms with Crippen molar-refractivity contribution in [2.45, 2.75) is 83.3 Å². The van der Waals surface area contributed by atoms with Gasteiger partial charge in [0, 0.05) is 37.3 Å². The highest BCUT2D eigenvalue weighted by molar-refractivity contribution is 5.84. The van der Waals surface area contributed by atoms with E-state index in [-0.39, 0.29) is 18.1 Å². The van der Waals surface area contributed by atoms with Crippen LogP contribution in [0.15, 0.2) is 24.5 Å². The van der Waals surface area contributed by atoms with Gasteiger partial charge in [-0.1, -0.05) is 25.8 Å². The molecule has 2 heterocycles. The van der Waals surface area contributed by atoms with E-state index in [1.165, 1.54) is 6.42 Å². The molecule has 0 saturated heterocycles. The smallest absolute Gasteiger partial charge is 0.224 e. The van der Waals surface area contributed by atoms with Crippen molar-refractivity contribution >= 4 is 17.5 Å². The van der Waals surface area contributed by atoms with Crippen molar-refractivity contribution < 1.29 is 9.90 Å². The van der Waals surface area contributed by atoms with Gasteiger partial charge < -0.3 is 15.7 Å². The van der Waals surface area contributed by atoms with E-state index in [9.17, 15) is 9.90 Å². The second-order valence-corrected chi connectivity index (χ2v) is 9.21. The van der Waals surface area contributed by atoms with Crippen molar-refractivity contribution in [3.05, 3.63) is 30.1 Å². The number of rotatable bonds is 10. The van der Waals surface area contributed by atoms with Crippen molar-refractivity contribution in [2.75, 3.05) is 17.2 Å². The molecule has 2 saturated carbocycles. The lowest BCUT2D eigenvalue weighted by molar-refractivity contribution is -0.124. The molecule has 0 aromatic carbocycles. The number of anilines is 2. The van der Waals surface area contributed by atoms with Gasteiger partial charge in [-0.3, -0.25) is 9.78 Å². The lowest BCUT2D eigenvalue weighted by atomic mass is 9.80. The van der Waals surface area contributed by atoms with Gasteiger partial charge in [0.1, 0.15) is 11.6 Å². The summed E-state index contributed by atoms with van der Waals surface area (Å²) < 4.78 is 0. The highest BCUT2D eigenvalue weighted by Crippen LogP contribution is 2.30. The summed E-state index contributed by atoms with van der Waals surface area (Å²) in [4.78, 5) is 26.2. The van der Waals surface area contributed by atoms with Crippen LogP contribution in [0.5, 0.6) is 0 Å². The molecule has 2 aliphatic rings. The first-order valence-corrected chi connectivity index (χ1v) is 12.2. The first-order valence-electron chi connectivity index (χ1n) is 12.2. The fraction of sp³-hybridized carbons (Fsp3) is 0.600. The number of nitrogens with one attached hydrogen (secondary N) is 2. The molecule has 0 unspecified atom stereocenters. The van der Waals surface area contributed by atoms with Crippen LogP contribution in [0, 0.1) is 5.92 Å². The minimum atomic E-state index is -0.193. The molecule has 0 amide bonds. The molecular weight excluding hydrogens is 402 g/mol. The Morgan fingerprint density at radius 2 is 1.91 bits per heavy atom. The maximum atomic E-state index is 12.3. The molecule has 4 rings (SSSR count). The summed E-state index contributed by atoms with van der Waals surface area (Å²) in [6.07, 6.45) is 12.8. The van der Waals surface area contributed by atoms with Crippen LogP contribution in [-0.2, 0) is 11.2 Å². The Morgan fingerprint density at radius 1 is 1.09 bits per heavy atom. The molecule has 7 heteroatoms. The number of aliphatic hydroxyl groups excluding tert-OH is 1. The zero-order valence-corrected chi connectivity index (χ0v) is 19.0. The molecule has 32 heavy (non-hydrogen) atoms. The molecule has 0 aliphatic heterocycles. The highest BCUT2D eigenvalue weighted by Gasteiger charge is 2.25. The van der Waals surface area contributed by atoms with Gasteiger partial charge in [0.15, 0.2) is 0 Å². The molecule has 2 aliphatic carbocycles. The standard InChI is InChI=1S/C25H35N5O2/c1-2-3-13-26-25-28-16-21(24(30-25)29-19-8-10-20(31)11-9-19)22-12-7-17(15-27-22)14-23(32)18-5-4-6-18/h7,12,15-16,18-20,31H,2-6,8-11,13-14H2,1H3,(H2,26,28,29,30). The Labute approximate surface area is 190 Å². The van der Waals surface area contributed by atoms with E-state index in [2.05, 4.69) is 27.5 Å². The van der Waals surface area contributed by atoms with E-state index < -0.39 is 0 Å². The van der Waals surface area contributed by atoms with Crippen LogP contribution in [-0.4, -0.2) is 44.5 Å². The average molecular weight is 438 g/mol. The molecule has 172 valence electrons. The molecule has 0 atom stereocenters. The number of carbonyl (C=O) groups excluding carboxylic acids is 1. The van der Waals surface area contributed by atoms with Gasteiger partial charge in [0.2, 0.25) is 5.95 Å². The topological polar surface area (TPSA) is 100 Å². The summed E-state index contributed by atoms with van der Waals surface area (Å²) in [5, 5.41) is 16.7. The molecule has 2 fully saturated rings. The second kappa shape index (κ2) is 10.9. The molecule has 2 aromatic heterocycles. The monoisotopic (exact) mass is 437 g/mol. The first-order chi connectivity index (χ1) is 15.6. The summed E-state index contributed by atoms with van der Waals surface area (Å²) in [5.74, 6) is 1.97. The molecule has 0 bridgehead atoms. The molecule has 2 aromatic rings. The number of aromatic nitrogens is 3. The Morgan fingerprint density at radius 3 is 2.56 bits per heavy atom. The van der Waals surface area contributed by atoms with Crippen LogP contribution >= 0.6 is 0 Å². The number of unbranched alkanes of at least 4 members (excludes halogenated alkanes) is 1. The van der Waals surface area contributed by atoms with Crippen LogP contribution < -0.4 is 10.6 Å². The fourth-order valence-corrected chi connectivity index (χ4v) is 4.32. The number of Topliss-reactive ketones (excluding diaryl/α,β-unsaturated/α-hetero) is 1. The van der Waals surface area contributed by atoms with Gasteiger partial charge >= 0.3 is 0 Å². The molecule has 0 spiro atoms. The number of pyridine rings is 1. The summed E-state index contributed by atoms with van der Waals surface area (Å²) in [7, 11) is 0. The quantitative estimate of drug-likeness (QED) is 0.474. The second-order valence-electron chi connectivity index (χ2n) is 9.21. The van der Waals surface area contributed by atoms with Crippen LogP contribution in [0.25, 0.3) is 11.3 Å². The zero-order valence-electron chi connectivity index (χ0n) is 19.0. The summed E-state index contributed by atoms with van der Waals surface area (Å²) in [5.41, 5.74) is 2.61. The number of carbonyl (C=O) groups is 1. The third kappa shape index (κ3) is 5.82. The third-order valence-electron chi connectivity index (χ3n) is 6.68. The Balaban J connectivity index is 1.50. The van der Waals surface area contributed by atoms with E-state index in [0.717, 1.165) is 80.6 Å². The lowest BCUT2D eigenvalue weighted by Gasteiger charge is -2.27. The molecule has 3 N–H and O–H groups in total. The predicted octanol–water partition coefficient (Wildman–Crippen LogP) is 4.38. The van der Waals surface area contributed by atoms with E-state index in [1.807, 2.05) is 18.3 Å². The fourth-order valence-electron chi connectivity index (χ4n) is 4.32. The number of hydrogen-bond donors (Lipinski definition) is 3. The van der Waals surface area contributed by atoms with E-state index in [1.54, 1.807) is 6.20 Å². The summed E-state index contributed by atoms with van der Waals surface area (Å²) in [6, 6.07) is 4.23. The number of aliphatic hydroxyl groups is 1. The van der Waals surface area contributed by atoms with Crippen LogP contribution in [0.1, 0.15) is 70.3 Å². The Hall–Kier alpha value is -2.54. The minimum absolute atomic E-state index is 0.193. The van der Waals surface area contributed by atoms with Crippen molar-refractivity contribution in [2.24, 2.45) is 5.92 Å². The van der Waals surface area contributed by atoms with Gasteiger partial charge in [-0.2, -0.15) is 4.98 Å². The van der Waals surface area contributed by atoms with Crippen molar-refractivity contribution in [3.63, 3.8) is 0 Å². The van der Waals surface area contributed by atoms with Gasteiger partial charge in [0.25, 0.3) is 0 Å². The summed E-state index contributed by atoms with van der Waals surface area (Å²) >= 11 is 0. The number of nitrogens with zero attached hydrogens (tertiary/aromatic N) is 3. The van der Waals surface area contributed by atoms with Crippen LogP contribution in [0.4, 0.5) is 11.8 Å². The largest absolute Gasteiger partial charge is 0.393 e. The zero-order chi connectivity index (χ0) is 22.3. The maximum absolute atomic E-state index is 12.3. The predicted molar refractivity (Wildman–Crippen MR) is 127 cm³/mol. The normalized spacial score (nSPS) is 21.1. The lowest BCUT2D eigenvalue weighted by Crippen LogP contribution is -2.29. The van der Waals surface area contributed by atoms with Gasteiger partial charge in [-0.05, 0) is 56.6 Å². The minimum Gasteiger partial charge on any atom is -0.393 e. The van der Waals surface area contributed by atoms with Gasteiger partial charge in [-0.15, -0.1) is 0 Å². The highest BCUT2D eigenvalue weighted by atomic mass is 16.3. The van der Waals surface area contributed by atoms with E-state index in [0.29, 0.717) is 18.2 Å². The first kappa shape index (κ1) is 22.6. The van der Waals surface area contributed by atoms with Crippen LogP contribution in [0.2, 0.25) is 0 Å². The average Bonchev–Trinajstić information content (AvgIpc) is 2.75. The van der Waals surface area contributed by atoms with E-state index in [4.69, 9.17) is 4.98 Å². The maximum Gasteiger partial charge on any atom is 0.224 e. The summed E-state index contributed by atoms with van der Waals surface area (Å²) in [6.45, 7) is 3.00. The Bertz CT molecular complexity index is 890.